The number of carbonyl (C=O) groups is 3. The summed E-state index contributed by atoms with van der Waals surface area (Å²) in [6.45, 7) is 1.90. The molecule has 23 heavy (non-hydrogen) atoms. The molecule has 0 spiro atoms. The van der Waals surface area contributed by atoms with Crippen LogP contribution in [0.1, 0.15) is 30.1 Å². The SMILES string of the molecule is CCOC(=O)C(=O)OCCCCOC(=O)c1ccc(N)c(N)c1. The van der Waals surface area contributed by atoms with Gasteiger partial charge < -0.3 is 25.7 Å². The summed E-state index contributed by atoms with van der Waals surface area (Å²) in [5.74, 6) is -2.55. The molecule has 1 aromatic rings. The number of rotatable bonds is 7. The summed E-state index contributed by atoms with van der Waals surface area (Å²) in [5.41, 5.74) is 12.2. The fraction of sp³-hybridized carbons (Fsp3) is 0.400. The minimum absolute atomic E-state index is 0.0457. The summed E-state index contributed by atoms with van der Waals surface area (Å²) in [4.78, 5) is 33.8. The average Bonchev–Trinajstić information content (AvgIpc) is 2.53. The predicted octanol–water partition coefficient (Wildman–Crippen LogP) is 0.894. The summed E-state index contributed by atoms with van der Waals surface area (Å²) in [6.07, 6.45) is 0.925. The minimum Gasteiger partial charge on any atom is -0.462 e. The highest BCUT2D eigenvalue weighted by Gasteiger charge is 2.16. The van der Waals surface area contributed by atoms with Gasteiger partial charge in [0.25, 0.3) is 0 Å². The van der Waals surface area contributed by atoms with E-state index in [0.717, 1.165) is 0 Å². The molecule has 1 aromatic carbocycles. The highest BCUT2D eigenvalue weighted by Crippen LogP contribution is 2.16. The fourth-order valence-corrected chi connectivity index (χ4v) is 1.57. The Hall–Kier alpha value is -2.77. The van der Waals surface area contributed by atoms with E-state index in [1.54, 1.807) is 6.92 Å². The maximum atomic E-state index is 11.7. The number of benzene rings is 1. The number of hydrogen-bond acceptors (Lipinski definition) is 8. The number of carbonyl (C=O) groups excluding carboxylic acids is 3. The van der Waals surface area contributed by atoms with Gasteiger partial charge in [0.1, 0.15) is 0 Å². The van der Waals surface area contributed by atoms with Crippen LogP contribution in [0.4, 0.5) is 11.4 Å². The van der Waals surface area contributed by atoms with E-state index >= 15 is 0 Å². The van der Waals surface area contributed by atoms with Gasteiger partial charge in [0.05, 0.1) is 36.8 Å². The van der Waals surface area contributed by atoms with Crippen molar-refractivity contribution >= 4 is 29.3 Å². The van der Waals surface area contributed by atoms with Crippen LogP contribution in [0.2, 0.25) is 0 Å². The number of nitrogen functional groups attached to an aromatic ring is 2. The second kappa shape index (κ2) is 9.29. The molecule has 0 aliphatic carbocycles. The Labute approximate surface area is 133 Å². The molecule has 0 aliphatic heterocycles. The van der Waals surface area contributed by atoms with Gasteiger partial charge in [-0.1, -0.05) is 0 Å². The molecule has 0 atom stereocenters. The van der Waals surface area contributed by atoms with Crippen molar-refractivity contribution in [3.05, 3.63) is 23.8 Å². The smallest absolute Gasteiger partial charge is 0.417 e. The molecule has 0 bridgehead atoms. The van der Waals surface area contributed by atoms with E-state index in [1.165, 1.54) is 18.2 Å². The van der Waals surface area contributed by atoms with E-state index in [9.17, 15) is 14.4 Å². The molecule has 8 heteroatoms. The maximum absolute atomic E-state index is 11.7. The Morgan fingerprint density at radius 2 is 1.52 bits per heavy atom. The minimum atomic E-state index is -1.03. The van der Waals surface area contributed by atoms with Crippen molar-refractivity contribution in [2.24, 2.45) is 0 Å². The highest BCUT2D eigenvalue weighted by molar-refractivity contribution is 6.29. The molecule has 126 valence electrons. The van der Waals surface area contributed by atoms with Gasteiger partial charge in [-0.05, 0) is 38.0 Å². The average molecular weight is 324 g/mol. The molecule has 0 radical (unpaired) electrons. The van der Waals surface area contributed by atoms with Gasteiger partial charge in [-0.2, -0.15) is 0 Å². The van der Waals surface area contributed by atoms with Gasteiger partial charge in [0, 0.05) is 0 Å². The van der Waals surface area contributed by atoms with Crippen LogP contribution in [-0.4, -0.2) is 37.7 Å². The second-order valence-electron chi connectivity index (χ2n) is 4.54. The van der Waals surface area contributed by atoms with Gasteiger partial charge in [0.2, 0.25) is 0 Å². The highest BCUT2D eigenvalue weighted by atomic mass is 16.6. The van der Waals surface area contributed by atoms with E-state index in [4.69, 9.17) is 20.9 Å². The van der Waals surface area contributed by atoms with Crippen LogP contribution in [0.5, 0.6) is 0 Å². The normalized spacial score (nSPS) is 9.96. The maximum Gasteiger partial charge on any atom is 0.417 e. The van der Waals surface area contributed by atoms with Crippen LogP contribution in [-0.2, 0) is 23.8 Å². The van der Waals surface area contributed by atoms with E-state index in [-0.39, 0.29) is 19.8 Å². The second-order valence-corrected chi connectivity index (χ2v) is 4.54. The first-order valence-corrected chi connectivity index (χ1v) is 7.11. The quantitative estimate of drug-likeness (QED) is 0.248. The molecule has 0 aromatic heterocycles. The number of unbranched alkanes of at least 4 members (excludes halogenated alkanes) is 1. The van der Waals surface area contributed by atoms with Crippen LogP contribution in [0.25, 0.3) is 0 Å². The summed E-state index contributed by atoms with van der Waals surface area (Å²) in [6, 6.07) is 4.49. The molecule has 4 N–H and O–H groups in total. The van der Waals surface area contributed by atoms with Crippen LogP contribution in [0.3, 0.4) is 0 Å². The van der Waals surface area contributed by atoms with E-state index in [1.807, 2.05) is 0 Å². The molecule has 0 saturated carbocycles. The largest absolute Gasteiger partial charge is 0.462 e. The van der Waals surface area contributed by atoms with Crippen molar-refractivity contribution in [3.63, 3.8) is 0 Å². The Bertz CT molecular complexity index is 573. The monoisotopic (exact) mass is 324 g/mol. The number of anilines is 2. The van der Waals surface area contributed by atoms with Crippen LogP contribution < -0.4 is 11.5 Å². The van der Waals surface area contributed by atoms with Crippen molar-refractivity contribution < 1.29 is 28.6 Å². The van der Waals surface area contributed by atoms with Gasteiger partial charge in [-0.15, -0.1) is 0 Å². The zero-order valence-electron chi connectivity index (χ0n) is 12.9. The number of esters is 3. The molecule has 0 unspecified atom stereocenters. The molecule has 0 saturated heterocycles. The molecular formula is C15H20N2O6. The van der Waals surface area contributed by atoms with Gasteiger partial charge in [-0.3, -0.25) is 0 Å². The topological polar surface area (TPSA) is 131 Å². The van der Waals surface area contributed by atoms with Crippen molar-refractivity contribution in [3.8, 4) is 0 Å². The van der Waals surface area contributed by atoms with Crippen molar-refractivity contribution in [2.45, 2.75) is 19.8 Å². The molecule has 0 heterocycles. The van der Waals surface area contributed by atoms with E-state index in [2.05, 4.69) is 4.74 Å². The lowest BCUT2D eigenvalue weighted by Gasteiger charge is -2.07. The lowest BCUT2D eigenvalue weighted by atomic mass is 10.2. The molecule has 0 fully saturated rings. The van der Waals surface area contributed by atoms with Crippen LogP contribution >= 0.6 is 0 Å². The predicted molar refractivity (Wildman–Crippen MR) is 82.4 cm³/mol. The van der Waals surface area contributed by atoms with Crippen molar-refractivity contribution in [1.29, 1.82) is 0 Å². The van der Waals surface area contributed by atoms with Crippen LogP contribution in [0, 0.1) is 0 Å². The first-order valence-electron chi connectivity index (χ1n) is 7.11. The van der Waals surface area contributed by atoms with Crippen LogP contribution in [0.15, 0.2) is 18.2 Å². The lowest BCUT2D eigenvalue weighted by molar-refractivity contribution is -0.167. The Morgan fingerprint density at radius 1 is 0.913 bits per heavy atom. The molecule has 8 nitrogen and oxygen atoms in total. The Balaban J connectivity index is 2.19. The fourth-order valence-electron chi connectivity index (χ4n) is 1.57. The summed E-state index contributed by atoms with van der Waals surface area (Å²) in [5, 5.41) is 0. The van der Waals surface area contributed by atoms with Crippen molar-refractivity contribution in [2.75, 3.05) is 31.3 Å². The Kier molecular flexibility index (Phi) is 7.38. The number of hydrogen-bond donors (Lipinski definition) is 2. The third-order valence-electron chi connectivity index (χ3n) is 2.77. The summed E-state index contributed by atoms with van der Waals surface area (Å²) in [7, 11) is 0. The third-order valence-corrected chi connectivity index (χ3v) is 2.77. The van der Waals surface area contributed by atoms with Gasteiger partial charge >= 0.3 is 17.9 Å². The zero-order valence-corrected chi connectivity index (χ0v) is 12.9. The summed E-state index contributed by atoms with van der Waals surface area (Å²) >= 11 is 0. The summed E-state index contributed by atoms with van der Waals surface area (Å²) < 4.78 is 14.2. The number of ether oxygens (including phenoxy) is 3. The first kappa shape index (κ1) is 18.3. The van der Waals surface area contributed by atoms with Crippen molar-refractivity contribution in [1.82, 2.24) is 0 Å². The van der Waals surface area contributed by atoms with E-state index in [0.29, 0.717) is 29.8 Å². The molecular weight excluding hydrogens is 304 g/mol. The zero-order chi connectivity index (χ0) is 17.2. The molecule has 0 amide bonds. The standard InChI is InChI=1S/C15H20N2O6/c1-2-21-14(19)15(20)23-8-4-3-7-22-13(18)10-5-6-11(16)12(17)9-10/h5-6,9H,2-4,7-8,16-17H2,1H3. The van der Waals surface area contributed by atoms with Gasteiger partial charge in [0.15, 0.2) is 0 Å². The molecule has 1 rings (SSSR count). The lowest BCUT2D eigenvalue weighted by Crippen LogP contribution is -2.20. The first-order chi connectivity index (χ1) is 11.0. The molecule has 0 aliphatic rings. The van der Waals surface area contributed by atoms with E-state index < -0.39 is 17.9 Å². The number of nitrogens with two attached hydrogens (primary N) is 2. The Morgan fingerprint density at radius 3 is 2.13 bits per heavy atom. The van der Waals surface area contributed by atoms with Gasteiger partial charge in [-0.25, -0.2) is 14.4 Å². The third kappa shape index (κ3) is 6.25.